The van der Waals surface area contributed by atoms with E-state index in [2.05, 4.69) is 10.3 Å². The summed E-state index contributed by atoms with van der Waals surface area (Å²) < 4.78 is 0. The molecule has 0 aliphatic carbocycles. The number of carbonyl (C=O) groups is 2. The van der Waals surface area contributed by atoms with E-state index in [9.17, 15) is 9.59 Å². The van der Waals surface area contributed by atoms with Crippen LogP contribution < -0.4 is 5.32 Å². The van der Waals surface area contributed by atoms with Crippen LogP contribution in [0.3, 0.4) is 0 Å². The molecule has 0 saturated carbocycles. The molecule has 2 amide bonds. The Morgan fingerprint density at radius 2 is 2.15 bits per heavy atom. The molecule has 1 aromatic heterocycles. The molecule has 1 saturated heterocycles. The maximum atomic E-state index is 12.6. The normalized spacial score (nSPS) is 24.4. The lowest BCUT2D eigenvalue weighted by Crippen LogP contribution is -2.62. The van der Waals surface area contributed by atoms with E-state index in [4.69, 9.17) is 0 Å². The van der Waals surface area contributed by atoms with E-state index >= 15 is 0 Å². The highest BCUT2D eigenvalue weighted by molar-refractivity contribution is 5.96. The Morgan fingerprint density at radius 1 is 1.40 bits per heavy atom. The van der Waals surface area contributed by atoms with Gasteiger partial charge in [-0.2, -0.15) is 0 Å². The van der Waals surface area contributed by atoms with Crippen LogP contribution >= 0.6 is 0 Å². The minimum Gasteiger partial charge on any atom is -0.343 e. The largest absolute Gasteiger partial charge is 0.343 e. The van der Waals surface area contributed by atoms with Crippen molar-refractivity contribution in [1.29, 1.82) is 0 Å². The summed E-state index contributed by atoms with van der Waals surface area (Å²) >= 11 is 0. The fourth-order valence-corrected chi connectivity index (χ4v) is 2.63. The molecule has 20 heavy (non-hydrogen) atoms. The molecule has 108 valence electrons. The van der Waals surface area contributed by atoms with Crippen molar-refractivity contribution in [3.8, 4) is 0 Å². The van der Waals surface area contributed by atoms with Crippen molar-refractivity contribution in [1.82, 2.24) is 15.2 Å². The zero-order chi connectivity index (χ0) is 14.7. The van der Waals surface area contributed by atoms with Gasteiger partial charge in [-0.3, -0.25) is 14.6 Å². The number of nitrogens with one attached hydrogen (secondary N) is 1. The average Bonchev–Trinajstić information content (AvgIpc) is 2.46. The topological polar surface area (TPSA) is 62.3 Å². The van der Waals surface area contributed by atoms with Gasteiger partial charge in [-0.05, 0) is 32.4 Å². The first-order chi connectivity index (χ1) is 9.56. The van der Waals surface area contributed by atoms with Crippen LogP contribution in [0.2, 0.25) is 0 Å². The van der Waals surface area contributed by atoms with Crippen LogP contribution in [0, 0.1) is 0 Å². The monoisotopic (exact) mass is 275 g/mol. The minimum atomic E-state index is -0.465. The second-order valence-electron chi connectivity index (χ2n) is 5.20. The maximum absolute atomic E-state index is 12.6. The molecule has 0 aromatic carbocycles. The number of piperazine rings is 1. The predicted molar refractivity (Wildman–Crippen MR) is 75.8 cm³/mol. The summed E-state index contributed by atoms with van der Waals surface area (Å²) in [5.74, 6) is -0.108. The Balaban J connectivity index is 2.27. The molecule has 2 rings (SSSR count). The molecule has 2 heterocycles. The van der Waals surface area contributed by atoms with Crippen LogP contribution in [0.4, 0.5) is 0 Å². The Labute approximate surface area is 119 Å². The number of pyridine rings is 1. The van der Waals surface area contributed by atoms with Gasteiger partial charge in [-0.15, -0.1) is 0 Å². The molecule has 0 radical (unpaired) electrons. The van der Waals surface area contributed by atoms with Crippen molar-refractivity contribution in [3.05, 3.63) is 30.1 Å². The van der Waals surface area contributed by atoms with Crippen LogP contribution in [0.25, 0.3) is 0 Å². The van der Waals surface area contributed by atoms with Crippen LogP contribution in [0.5, 0.6) is 0 Å². The third-order valence-electron chi connectivity index (χ3n) is 3.78. The van der Waals surface area contributed by atoms with Crippen LogP contribution in [0.15, 0.2) is 24.4 Å². The van der Waals surface area contributed by atoms with E-state index in [1.54, 1.807) is 18.0 Å². The Morgan fingerprint density at radius 3 is 2.75 bits per heavy atom. The van der Waals surface area contributed by atoms with Crippen molar-refractivity contribution in [2.75, 3.05) is 0 Å². The summed E-state index contributed by atoms with van der Waals surface area (Å²) in [6.45, 7) is 5.68. The van der Waals surface area contributed by atoms with E-state index in [-0.39, 0.29) is 17.9 Å². The second kappa shape index (κ2) is 6.03. The highest BCUT2D eigenvalue weighted by Gasteiger charge is 2.40. The van der Waals surface area contributed by atoms with Gasteiger partial charge in [0.2, 0.25) is 11.8 Å². The number of amides is 2. The first-order valence-corrected chi connectivity index (χ1v) is 7.09. The molecule has 5 heteroatoms. The lowest BCUT2D eigenvalue weighted by molar-refractivity contribution is -0.151. The number of hydrogen-bond acceptors (Lipinski definition) is 3. The molecule has 1 N–H and O–H groups in total. The van der Waals surface area contributed by atoms with Gasteiger partial charge in [0.1, 0.15) is 12.1 Å². The third kappa shape index (κ3) is 2.66. The summed E-state index contributed by atoms with van der Waals surface area (Å²) in [6, 6.07) is 4.53. The van der Waals surface area contributed by atoms with E-state index in [0.717, 1.165) is 12.1 Å². The molecule has 0 bridgehead atoms. The lowest BCUT2D eigenvalue weighted by Gasteiger charge is -2.40. The van der Waals surface area contributed by atoms with Crippen LogP contribution in [0.1, 0.15) is 45.3 Å². The van der Waals surface area contributed by atoms with Crippen LogP contribution in [-0.4, -0.2) is 33.8 Å². The molecular weight excluding hydrogens is 254 g/mol. The summed E-state index contributed by atoms with van der Waals surface area (Å²) in [7, 11) is 0. The molecular formula is C15H21N3O2. The number of aromatic nitrogens is 1. The van der Waals surface area contributed by atoms with E-state index in [0.29, 0.717) is 6.42 Å². The van der Waals surface area contributed by atoms with Gasteiger partial charge in [0, 0.05) is 6.20 Å². The third-order valence-corrected chi connectivity index (χ3v) is 3.78. The van der Waals surface area contributed by atoms with Crippen molar-refractivity contribution < 1.29 is 9.59 Å². The standard InChI is InChI=1S/C15H21N3O2/c1-4-7-13-15(20)18(11(3)14(19)17-13)10(2)12-8-5-6-9-16-12/h5-6,8-11,13H,4,7H2,1-3H3,(H,17,19). The van der Waals surface area contributed by atoms with E-state index in [1.165, 1.54) is 0 Å². The number of carbonyl (C=O) groups excluding carboxylic acids is 2. The minimum absolute atomic E-state index is 0.0166. The molecule has 5 nitrogen and oxygen atoms in total. The zero-order valence-electron chi connectivity index (χ0n) is 12.2. The van der Waals surface area contributed by atoms with E-state index in [1.807, 2.05) is 32.0 Å². The van der Waals surface area contributed by atoms with Gasteiger partial charge in [0.05, 0.1) is 11.7 Å². The van der Waals surface area contributed by atoms with Gasteiger partial charge in [0.25, 0.3) is 0 Å². The Hall–Kier alpha value is -1.91. The van der Waals surface area contributed by atoms with Crippen molar-refractivity contribution in [2.45, 2.75) is 51.7 Å². The smallest absolute Gasteiger partial charge is 0.246 e. The summed E-state index contributed by atoms with van der Waals surface area (Å²) in [6.07, 6.45) is 3.23. The fraction of sp³-hybridized carbons (Fsp3) is 0.533. The number of rotatable bonds is 4. The molecule has 3 unspecified atom stereocenters. The van der Waals surface area contributed by atoms with Gasteiger partial charge < -0.3 is 10.2 Å². The summed E-state index contributed by atoms with van der Waals surface area (Å²) in [5.41, 5.74) is 0.803. The molecule has 1 fully saturated rings. The zero-order valence-corrected chi connectivity index (χ0v) is 12.2. The maximum Gasteiger partial charge on any atom is 0.246 e. The van der Waals surface area contributed by atoms with E-state index < -0.39 is 12.1 Å². The average molecular weight is 275 g/mol. The quantitative estimate of drug-likeness (QED) is 0.909. The predicted octanol–water partition coefficient (Wildman–Crippen LogP) is 1.66. The lowest BCUT2D eigenvalue weighted by atomic mass is 10.0. The number of nitrogens with zero attached hydrogens (tertiary/aromatic N) is 2. The molecule has 1 aromatic rings. The molecule has 3 atom stereocenters. The SMILES string of the molecule is CCCC1NC(=O)C(C)N(C(C)c2ccccn2)C1=O. The second-order valence-corrected chi connectivity index (χ2v) is 5.20. The van der Waals surface area contributed by atoms with Crippen molar-refractivity contribution >= 4 is 11.8 Å². The highest BCUT2D eigenvalue weighted by atomic mass is 16.2. The van der Waals surface area contributed by atoms with Gasteiger partial charge in [0.15, 0.2) is 0 Å². The Bertz CT molecular complexity index is 489. The Kier molecular flexibility index (Phi) is 4.37. The first kappa shape index (κ1) is 14.5. The molecule has 1 aliphatic rings. The van der Waals surface area contributed by atoms with Gasteiger partial charge >= 0.3 is 0 Å². The molecule has 1 aliphatic heterocycles. The highest BCUT2D eigenvalue weighted by Crippen LogP contribution is 2.25. The van der Waals surface area contributed by atoms with Crippen molar-refractivity contribution in [2.24, 2.45) is 0 Å². The van der Waals surface area contributed by atoms with Gasteiger partial charge in [-0.1, -0.05) is 19.4 Å². The number of hydrogen-bond donors (Lipinski definition) is 1. The molecule has 0 spiro atoms. The summed E-state index contributed by atoms with van der Waals surface area (Å²) in [5, 5.41) is 2.80. The summed E-state index contributed by atoms with van der Waals surface area (Å²) in [4.78, 5) is 30.6. The first-order valence-electron chi connectivity index (χ1n) is 7.09. The van der Waals surface area contributed by atoms with Crippen molar-refractivity contribution in [3.63, 3.8) is 0 Å². The van der Waals surface area contributed by atoms with Gasteiger partial charge in [-0.25, -0.2) is 0 Å². The fourth-order valence-electron chi connectivity index (χ4n) is 2.63. The van der Waals surface area contributed by atoms with Crippen LogP contribution in [-0.2, 0) is 9.59 Å².